The van der Waals surface area contributed by atoms with Crippen LogP contribution in [0, 0.1) is 0 Å². The molecule has 0 spiro atoms. The van der Waals surface area contributed by atoms with Crippen LogP contribution in [-0.4, -0.2) is 38.7 Å². The summed E-state index contributed by atoms with van der Waals surface area (Å²) in [5.41, 5.74) is 4.06. The fraction of sp³-hybridized carbons (Fsp3) is 0.296. The number of ether oxygens (including phenoxy) is 5. The van der Waals surface area contributed by atoms with Crippen LogP contribution in [0.5, 0.6) is 28.7 Å². The predicted octanol–water partition coefficient (Wildman–Crippen LogP) is 5.35. The lowest BCUT2D eigenvalue weighted by Gasteiger charge is -2.38. The van der Waals surface area contributed by atoms with Gasteiger partial charge in [0.25, 0.3) is 0 Å². The van der Waals surface area contributed by atoms with E-state index >= 15 is 0 Å². The summed E-state index contributed by atoms with van der Waals surface area (Å²) in [6.07, 6.45) is 0.323. The quantitative estimate of drug-likeness (QED) is 0.474. The minimum absolute atomic E-state index is 0.0515. The molecule has 2 atom stereocenters. The number of hydrazone groups is 1. The van der Waals surface area contributed by atoms with Gasteiger partial charge in [-0.3, -0.25) is 0 Å². The molecule has 5 rings (SSSR count). The van der Waals surface area contributed by atoms with Gasteiger partial charge in [0.1, 0.15) is 11.5 Å². The van der Waals surface area contributed by atoms with E-state index in [9.17, 15) is 0 Å². The molecule has 176 valence electrons. The topological polar surface area (TPSA) is 61.8 Å². The lowest BCUT2D eigenvalue weighted by Crippen LogP contribution is -2.33. The number of para-hydroxylation sites is 1. The van der Waals surface area contributed by atoms with E-state index in [0.717, 1.165) is 40.3 Å². The summed E-state index contributed by atoms with van der Waals surface area (Å²) in [5, 5.41) is 7.07. The van der Waals surface area contributed by atoms with Gasteiger partial charge in [0.2, 0.25) is 12.0 Å². The lowest BCUT2D eigenvalue weighted by molar-refractivity contribution is -0.0192. The number of hydrogen-bond donors (Lipinski definition) is 0. The highest BCUT2D eigenvalue weighted by atomic mass is 16.5. The van der Waals surface area contributed by atoms with Crippen LogP contribution in [0.1, 0.15) is 42.3 Å². The smallest absolute Gasteiger partial charge is 0.214 e. The zero-order valence-electron chi connectivity index (χ0n) is 19.8. The Bertz CT molecular complexity index is 1180. The number of benzene rings is 3. The molecule has 0 saturated heterocycles. The molecule has 7 nitrogen and oxygen atoms in total. The standard InChI is InChI=1S/C27H28N2O5/c1-5-33-19-12-10-17(11-13-19)21-16-22-20-8-6-7-9-23(20)34-27(29(22)28-21)18-14-24(30-2)26(32-4)25(15-18)31-3/h6-15,22,27H,5,16H2,1-4H3/t22-,27+/m0/s1. The van der Waals surface area contributed by atoms with Crippen molar-refractivity contribution in [2.75, 3.05) is 27.9 Å². The van der Waals surface area contributed by atoms with Gasteiger partial charge in [0.15, 0.2) is 11.5 Å². The molecule has 0 aliphatic carbocycles. The van der Waals surface area contributed by atoms with Crippen molar-refractivity contribution in [2.24, 2.45) is 5.10 Å². The Morgan fingerprint density at radius 3 is 2.29 bits per heavy atom. The average molecular weight is 461 g/mol. The second-order valence-corrected chi connectivity index (χ2v) is 8.07. The van der Waals surface area contributed by atoms with Crippen LogP contribution in [-0.2, 0) is 0 Å². The van der Waals surface area contributed by atoms with Gasteiger partial charge in [-0.15, -0.1) is 0 Å². The van der Waals surface area contributed by atoms with Crippen LogP contribution in [0.4, 0.5) is 0 Å². The highest BCUT2D eigenvalue weighted by Crippen LogP contribution is 2.49. The molecule has 0 saturated carbocycles. The Morgan fingerprint density at radius 2 is 1.65 bits per heavy atom. The molecule has 7 heteroatoms. The second kappa shape index (κ2) is 9.17. The molecule has 0 N–H and O–H groups in total. The van der Waals surface area contributed by atoms with Crippen molar-refractivity contribution in [3.05, 3.63) is 77.4 Å². The van der Waals surface area contributed by atoms with Crippen molar-refractivity contribution < 1.29 is 23.7 Å². The Hall–Kier alpha value is -3.87. The van der Waals surface area contributed by atoms with Gasteiger partial charge in [0, 0.05) is 17.5 Å². The molecule has 3 aromatic rings. The molecule has 2 aliphatic rings. The first kappa shape index (κ1) is 21.9. The maximum atomic E-state index is 6.49. The minimum Gasteiger partial charge on any atom is -0.494 e. The highest BCUT2D eigenvalue weighted by molar-refractivity contribution is 6.02. The van der Waals surface area contributed by atoms with E-state index in [1.54, 1.807) is 21.3 Å². The van der Waals surface area contributed by atoms with Crippen LogP contribution in [0.3, 0.4) is 0 Å². The van der Waals surface area contributed by atoms with E-state index in [1.165, 1.54) is 0 Å². The Balaban J connectivity index is 1.57. The van der Waals surface area contributed by atoms with E-state index in [-0.39, 0.29) is 6.04 Å². The third-order valence-electron chi connectivity index (χ3n) is 6.17. The van der Waals surface area contributed by atoms with Crippen molar-refractivity contribution in [3.8, 4) is 28.7 Å². The zero-order valence-corrected chi connectivity index (χ0v) is 19.8. The Labute approximate surface area is 199 Å². The predicted molar refractivity (Wildman–Crippen MR) is 129 cm³/mol. The lowest BCUT2D eigenvalue weighted by atomic mass is 9.96. The third-order valence-corrected chi connectivity index (χ3v) is 6.17. The molecule has 34 heavy (non-hydrogen) atoms. The fourth-order valence-electron chi connectivity index (χ4n) is 4.58. The molecule has 0 aromatic heterocycles. The average Bonchev–Trinajstić information content (AvgIpc) is 3.33. The van der Waals surface area contributed by atoms with E-state index in [2.05, 4.69) is 18.2 Å². The summed E-state index contributed by atoms with van der Waals surface area (Å²) < 4.78 is 28.8. The Morgan fingerprint density at radius 1 is 0.941 bits per heavy atom. The highest BCUT2D eigenvalue weighted by Gasteiger charge is 2.41. The van der Waals surface area contributed by atoms with Gasteiger partial charge < -0.3 is 23.7 Å². The molecule has 0 amide bonds. The van der Waals surface area contributed by atoms with Crippen molar-refractivity contribution in [2.45, 2.75) is 25.6 Å². The summed E-state index contributed by atoms with van der Waals surface area (Å²) in [6, 6.07) is 20.1. The summed E-state index contributed by atoms with van der Waals surface area (Å²) >= 11 is 0. The fourth-order valence-corrected chi connectivity index (χ4v) is 4.58. The van der Waals surface area contributed by atoms with E-state index in [4.69, 9.17) is 28.8 Å². The molecule has 0 unspecified atom stereocenters. The first-order chi connectivity index (χ1) is 16.7. The van der Waals surface area contributed by atoms with Crippen LogP contribution in [0.15, 0.2) is 65.8 Å². The molecular formula is C27H28N2O5. The zero-order chi connectivity index (χ0) is 23.7. The van der Waals surface area contributed by atoms with Crippen molar-refractivity contribution in [1.82, 2.24) is 5.01 Å². The van der Waals surface area contributed by atoms with Gasteiger partial charge in [0.05, 0.1) is 39.7 Å². The Kier molecular flexibility index (Phi) is 5.92. The third kappa shape index (κ3) is 3.77. The second-order valence-electron chi connectivity index (χ2n) is 8.07. The number of rotatable bonds is 7. The number of hydrogen-bond acceptors (Lipinski definition) is 7. The largest absolute Gasteiger partial charge is 0.494 e. The minimum atomic E-state index is -0.450. The van der Waals surface area contributed by atoms with E-state index in [1.807, 2.05) is 54.4 Å². The molecule has 0 fully saturated rings. The first-order valence-corrected chi connectivity index (χ1v) is 11.3. The van der Waals surface area contributed by atoms with Gasteiger partial charge in [-0.25, -0.2) is 5.01 Å². The van der Waals surface area contributed by atoms with Gasteiger partial charge >= 0.3 is 0 Å². The summed E-state index contributed by atoms with van der Waals surface area (Å²) in [6.45, 7) is 2.62. The van der Waals surface area contributed by atoms with Gasteiger partial charge in [-0.2, -0.15) is 5.10 Å². The van der Waals surface area contributed by atoms with E-state index < -0.39 is 6.23 Å². The molecular weight excluding hydrogens is 432 g/mol. The molecule has 2 heterocycles. The SMILES string of the molecule is CCOc1ccc(C2=NN3[C@@H](c4cc(OC)c(OC)c(OC)c4)Oc4ccccc4[C@@H]3C2)cc1. The molecule has 0 radical (unpaired) electrons. The monoisotopic (exact) mass is 460 g/mol. The first-order valence-electron chi connectivity index (χ1n) is 11.3. The summed E-state index contributed by atoms with van der Waals surface area (Å²) in [5.74, 6) is 3.40. The molecule has 2 aliphatic heterocycles. The van der Waals surface area contributed by atoms with Crippen LogP contribution in [0.2, 0.25) is 0 Å². The van der Waals surface area contributed by atoms with Crippen LogP contribution < -0.4 is 23.7 Å². The van der Waals surface area contributed by atoms with Crippen LogP contribution in [0.25, 0.3) is 0 Å². The summed E-state index contributed by atoms with van der Waals surface area (Å²) in [4.78, 5) is 0. The number of nitrogens with zero attached hydrogens (tertiary/aromatic N) is 2. The normalized spacial score (nSPS) is 18.4. The van der Waals surface area contributed by atoms with Gasteiger partial charge in [-0.1, -0.05) is 18.2 Å². The molecule has 3 aromatic carbocycles. The maximum absolute atomic E-state index is 6.49. The van der Waals surface area contributed by atoms with Crippen molar-refractivity contribution in [1.29, 1.82) is 0 Å². The van der Waals surface area contributed by atoms with Crippen molar-refractivity contribution in [3.63, 3.8) is 0 Å². The van der Waals surface area contributed by atoms with Crippen molar-refractivity contribution >= 4 is 5.71 Å². The van der Waals surface area contributed by atoms with Gasteiger partial charge in [-0.05, 0) is 55.0 Å². The summed E-state index contributed by atoms with van der Waals surface area (Å²) in [7, 11) is 4.81. The number of methoxy groups -OCH3 is 3. The molecule has 0 bridgehead atoms. The van der Waals surface area contributed by atoms with Crippen LogP contribution >= 0.6 is 0 Å². The maximum Gasteiger partial charge on any atom is 0.214 e. The van der Waals surface area contributed by atoms with E-state index in [0.29, 0.717) is 23.9 Å². The number of fused-ring (bicyclic) bond motifs is 3.